The van der Waals surface area contributed by atoms with Crippen molar-refractivity contribution in [1.29, 1.82) is 0 Å². The quantitative estimate of drug-likeness (QED) is 0.522. The number of ether oxygens (including phenoxy) is 3. The van der Waals surface area contributed by atoms with Crippen LogP contribution in [0, 0.1) is 0 Å². The maximum Gasteiger partial charge on any atom is 0.231 e. The molecule has 2 aliphatic rings. The predicted octanol–water partition coefficient (Wildman–Crippen LogP) is 5.23. The van der Waals surface area contributed by atoms with Gasteiger partial charge < -0.3 is 19.1 Å². The van der Waals surface area contributed by atoms with Crippen LogP contribution in [0.2, 0.25) is 0 Å². The van der Waals surface area contributed by atoms with Gasteiger partial charge in [-0.3, -0.25) is 0 Å². The van der Waals surface area contributed by atoms with Crippen LogP contribution in [0.3, 0.4) is 0 Å². The number of likely N-dealkylation sites (tertiary alicyclic amines) is 1. The molecule has 0 saturated carbocycles. The Balaban J connectivity index is 1.36. The Hall–Kier alpha value is -2.82. The number of hydrogen-bond acceptors (Lipinski definition) is 4. The van der Waals surface area contributed by atoms with E-state index in [1.54, 1.807) is 4.90 Å². The molecule has 31 heavy (non-hydrogen) atoms. The molecule has 0 radical (unpaired) electrons. The van der Waals surface area contributed by atoms with Gasteiger partial charge in [-0.1, -0.05) is 66.7 Å². The molecule has 3 aromatic carbocycles. The van der Waals surface area contributed by atoms with Crippen molar-refractivity contribution in [2.24, 2.45) is 0 Å². The summed E-state index contributed by atoms with van der Waals surface area (Å²) in [7, 11) is 0. The Bertz CT molecular complexity index is 1250. The molecule has 4 heteroatoms. The standard InChI is InChI=1S/C27H29NO3/c1-3-8-22(9-4-1)27(23-10-5-2-6-11-23)31-24-12-7-16-28(19-24)17-15-21-13-14-25-26(18-21)30-20-29-25/h1-6,8-11,13-14,18,24,27H,7,12,15-17,19-20H2/t24-/m1/s1/i13D,14D,17D2,18D,20D2. The largest absolute Gasteiger partial charge is 0.454 e. The third-order valence-electron chi connectivity index (χ3n) is 5.48. The third kappa shape index (κ3) is 4.92. The average molecular weight is 423 g/mol. The summed E-state index contributed by atoms with van der Waals surface area (Å²) in [5, 5.41) is 0. The number of rotatable bonds is 7. The maximum absolute atomic E-state index is 8.86. The van der Waals surface area contributed by atoms with Gasteiger partial charge in [-0.05, 0) is 54.6 Å². The van der Waals surface area contributed by atoms with Gasteiger partial charge in [0.2, 0.25) is 6.75 Å². The van der Waals surface area contributed by atoms with Crippen molar-refractivity contribution in [3.8, 4) is 11.5 Å². The highest BCUT2D eigenvalue weighted by Gasteiger charge is 2.25. The lowest BCUT2D eigenvalue weighted by atomic mass is 10.00. The van der Waals surface area contributed by atoms with E-state index in [1.807, 2.05) is 60.7 Å². The van der Waals surface area contributed by atoms with Crippen molar-refractivity contribution in [2.45, 2.75) is 31.5 Å². The average Bonchev–Trinajstić information content (AvgIpc) is 3.25. The first kappa shape index (κ1) is 13.6. The molecule has 0 aliphatic carbocycles. The van der Waals surface area contributed by atoms with E-state index in [4.69, 9.17) is 23.8 Å². The molecule has 4 nitrogen and oxygen atoms in total. The number of nitrogens with zero attached hydrogens (tertiary/aromatic N) is 1. The summed E-state index contributed by atoms with van der Waals surface area (Å²) in [6, 6.07) is 18.7. The molecular formula is C27H29NO3. The van der Waals surface area contributed by atoms with Crippen LogP contribution in [0.5, 0.6) is 11.5 Å². The minimum absolute atomic E-state index is 0.0189. The van der Waals surface area contributed by atoms with Gasteiger partial charge in [0.1, 0.15) is 8.85 Å². The highest BCUT2D eigenvalue weighted by molar-refractivity contribution is 5.44. The van der Waals surface area contributed by atoms with E-state index in [0.29, 0.717) is 19.5 Å². The van der Waals surface area contributed by atoms with Gasteiger partial charge in [0.25, 0.3) is 0 Å². The predicted molar refractivity (Wildman–Crippen MR) is 122 cm³/mol. The Labute approximate surface area is 194 Å². The molecule has 0 unspecified atom stereocenters. The summed E-state index contributed by atoms with van der Waals surface area (Å²) in [6.45, 7) is -3.67. The van der Waals surface area contributed by atoms with E-state index >= 15 is 0 Å². The fraction of sp³-hybridized carbons (Fsp3) is 0.333. The number of fused-ring (bicyclic) bond motifs is 1. The van der Waals surface area contributed by atoms with Crippen LogP contribution in [0.4, 0.5) is 0 Å². The SMILES string of the molecule is [2H]c1c([2H])c2c(c([2H])c1CC([2H])([2H])N1CCC[C@@H](OC(c3ccccc3)c3ccccc3)C1)OC([2H])([2H])O2. The lowest BCUT2D eigenvalue weighted by Crippen LogP contribution is -2.41. The molecule has 0 N–H and O–H groups in total. The zero-order valence-electron chi connectivity index (χ0n) is 24.1. The fourth-order valence-corrected chi connectivity index (χ4v) is 3.93. The van der Waals surface area contributed by atoms with E-state index in [2.05, 4.69) is 0 Å². The highest BCUT2D eigenvalue weighted by atomic mass is 16.7. The van der Waals surface area contributed by atoms with Gasteiger partial charge in [-0.2, -0.15) is 0 Å². The van der Waals surface area contributed by atoms with Crippen LogP contribution in [-0.4, -0.2) is 37.3 Å². The lowest BCUT2D eigenvalue weighted by molar-refractivity contribution is -0.0330. The molecule has 0 spiro atoms. The Morgan fingerprint density at radius 1 is 1.03 bits per heavy atom. The summed E-state index contributed by atoms with van der Waals surface area (Å²) < 4.78 is 74.7. The smallest absolute Gasteiger partial charge is 0.231 e. The summed E-state index contributed by atoms with van der Waals surface area (Å²) in [4.78, 5) is 1.67. The van der Waals surface area contributed by atoms with E-state index in [-0.39, 0.29) is 47.8 Å². The summed E-state index contributed by atoms with van der Waals surface area (Å²) in [6.07, 6.45) is 0.608. The Kier molecular flexibility index (Phi) is 4.18. The first-order chi connectivity index (χ1) is 18.1. The normalized spacial score (nSPS) is 23.8. The van der Waals surface area contributed by atoms with Crippen molar-refractivity contribution < 1.29 is 23.8 Å². The van der Waals surface area contributed by atoms with Crippen LogP contribution in [0.15, 0.2) is 78.8 Å². The van der Waals surface area contributed by atoms with Crippen molar-refractivity contribution in [2.75, 3.05) is 26.3 Å². The highest BCUT2D eigenvalue weighted by Crippen LogP contribution is 2.33. The topological polar surface area (TPSA) is 30.9 Å². The maximum atomic E-state index is 8.86. The van der Waals surface area contributed by atoms with Crippen LogP contribution in [0.1, 0.15) is 45.2 Å². The van der Waals surface area contributed by atoms with Crippen LogP contribution < -0.4 is 9.47 Å². The van der Waals surface area contributed by atoms with E-state index in [1.165, 1.54) is 0 Å². The molecule has 1 fully saturated rings. The first-order valence-electron chi connectivity index (χ1n) is 14.1. The molecule has 1 saturated heterocycles. The van der Waals surface area contributed by atoms with Gasteiger partial charge in [0.05, 0.1) is 10.2 Å². The molecule has 2 aliphatic heterocycles. The molecule has 0 aromatic heterocycles. The van der Waals surface area contributed by atoms with Gasteiger partial charge in [0.15, 0.2) is 11.5 Å². The fourth-order valence-electron chi connectivity index (χ4n) is 3.93. The minimum atomic E-state index is -2.54. The van der Waals surface area contributed by atoms with Crippen molar-refractivity contribution >= 4 is 0 Å². The molecule has 3 aromatic rings. The summed E-state index contributed by atoms with van der Waals surface area (Å²) >= 11 is 0. The number of benzene rings is 3. The molecular weight excluding hydrogens is 386 g/mol. The van der Waals surface area contributed by atoms with Crippen molar-refractivity contribution in [1.82, 2.24) is 4.90 Å². The molecule has 5 rings (SSSR count). The van der Waals surface area contributed by atoms with Crippen molar-refractivity contribution in [3.05, 3.63) is 95.5 Å². The van der Waals surface area contributed by atoms with Gasteiger partial charge in [0, 0.05) is 15.8 Å². The summed E-state index contributed by atoms with van der Waals surface area (Å²) in [5.41, 5.74) is 2.01. The molecule has 0 amide bonds. The van der Waals surface area contributed by atoms with E-state index in [0.717, 1.165) is 17.5 Å². The molecule has 0 bridgehead atoms. The third-order valence-corrected chi connectivity index (χ3v) is 5.48. The lowest BCUT2D eigenvalue weighted by Gasteiger charge is -2.35. The Morgan fingerprint density at radius 2 is 1.74 bits per heavy atom. The molecule has 160 valence electrons. The zero-order valence-corrected chi connectivity index (χ0v) is 17.1. The second kappa shape index (κ2) is 9.54. The van der Waals surface area contributed by atoms with Gasteiger partial charge in [-0.15, -0.1) is 0 Å². The van der Waals surface area contributed by atoms with Gasteiger partial charge in [-0.25, -0.2) is 0 Å². The van der Waals surface area contributed by atoms with Crippen molar-refractivity contribution in [3.63, 3.8) is 0 Å². The first-order valence-corrected chi connectivity index (χ1v) is 10.6. The van der Waals surface area contributed by atoms with Crippen LogP contribution in [-0.2, 0) is 11.2 Å². The summed E-state index contributed by atoms with van der Waals surface area (Å²) in [5.74, 6) is -0.566. The Morgan fingerprint density at radius 3 is 2.48 bits per heavy atom. The monoisotopic (exact) mass is 422 g/mol. The van der Waals surface area contributed by atoms with Crippen LogP contribution in [0.25, 0.3) is 0 Å². The number of hydrogen-bond donors (Lipinski definition) is 0. The molecule has 2 heterocycles. The second-order valence-electron chi connectivity index (χ2n) is 7.68. The zero-order chi connectivity index (χ0) is 27.1. The van der Waals surface area contributed by atoms with E-state index < -0.39 is 19.3 Å². The molecule has 1 atom stereocenters. The van der Waals surface area contributed by atoms with E-state index in [9.17, 15) is 0 Å². The van der Waals surface area contributed by atoms with Crippen LogP contribution >= 0.6 is 0 Å². The second-order valence-corrected chi connectivity index (χ2v) is 7.68. The van der Waals surface area contributed by atoms with Gasteiger partial charge >= 0.3 is 0 Å². The minimum Gasteiger partial charge on any atom is -0.454 e. The number of piperidine rings is 1.